The molecule has 0 radical (unpaired) electrons. The number of aliphatic carboxylic acids is 1. The van der Waals surface area contributed by atoms with Gasteiger partial charge in [0.05, 0.1) is 11.3 Å². The van der Waals surface area contributed by atoms with Gasteiger partial charge in [-0.25, -0.2) is 0 Å². The van der Waals surface area contributed by atoms with E-state index in [1.807, 2.05) is 14.0 Å². The second-order valence-electron chi connectivity index (χ2n) is 4.66. The summed E-state index contributed by atoms with van der Waals surface area (Å²) in [6.45, 7) is 1.84. The topological polar surface area (TPSA) is 72.2 Å². The molecule has 1 atom stereocenters. The van der Waals surface area contributed by atoms with Crippen LogP contribution in [0.1, 0.15) is 41.0 Å². The molecule has 1 aliphatic carbocycles. The number of fused-ring (bicyclic) bond motifs is 1. The molecule has 1 aromatic heterocycles. The van der Waals surface area contributed by atoms with Crippen molar-refractivity contribution in [3.8, 4) is 0 Å². The van der Waals surface area contributed by atoms with Gasteiger partial charge in [-0.05, 0) is 25.7 Å². The lowest BCUT2D eigenvalue weighted by atomic mass is 9.83. The number of aromatic nitrogens is 2. The van der Waals surface area contributed by atoms with Crippen molar-refractivity contribution in [2.24, 2.45) is 13.0 Å². The summed E-state index contributed by atoms with van der Waals surface area (Å²) in [6, 6.07) is 0. The van der Waals surface area contributed by atoms with E-state index in [-0.39, 0.29) is 18.1 Å². The molecule has 0 aliphatic heterocycles. The summed E-state index contributed by atoms with van der Waals surface area (Å²) in [4.78, 5) is 22.5. The Labute approximate surface area is 99.4 Å². The Morgan fingerprint density at radius 2 is 2.24 bits per heavy atom. The molecule has 17 heavy (non-hydrogen) atoms. The quantitative estimate of drug-likeness (QED) is 0.859. The molecule has 0 fully saturated rings. The van der Waals surface area contributed by atoms with Crippen molar-refractivity contribution in [2.75, 3.05) is 0 Å². The van der Waals surface area contributed by atoms with Crippen LogP contribution in [0.4, 0.5) is 0 Å². The minimum absolute atomic E-state index is 0.104. The molecule has 2 rings (SSSR count). The lowest BCUT2D eigenvalue weighted by Gasteiger charge is -2.21. The van der Waals surface area contributed by atoms with Crippen molar-refractivity contribution < 1.29 is 14.7 Å². The summed E-state index contributed by atoms with van der Waals surface area (Å²) >= 11 is 0. The Balaban J connectivity index is 2.18. The zero-order valence-corrected chi connectivity index (χ0v) is 10.1. The van der Waals surface area contributed by atoms with Gasteiger partial charge < -0.3 is 5.11 Å². The molecule has 5 heteroatoms. The number of ketones is 1. The van der Waals surface area contributed by atoms with Gasteiger partial charge in [-0.15, -0.1) is 0 Å². The van der Waals surface area contributed by atoms with Gasteiger partial charge in [-0.2, -0.15) is 5.10 Å². The fourth-order valence-corrected chi connectivity index (χ4v) is 2.54. The number of Topliss-reactive ketones (excluding diaryl/α,β-unsaturated/α-hetero) is 1. The first-order chi connectivity index (χ1) is 7.99. The monoisotopic (exact) mass is 236 g/mol. The third kappa shape index (κ3) is 2.23. The maximum atomic E-state index is 12.0. The van der Waals surface area contributed by atoms with Crippen molar-refractivity contribution in [1.29, 1.82) is 0 Å². The van der Waals surface area contributed by atoms with Gasteiger partial charge in [0.25, 0.3) is 0 Å². The van der Waals surface area contributed by atoms with Crippen LogP contribution in [0.25, 0.3) is 0 Å². The van der Waals surface area contributed by atoms with Crippen molar-refractivity contribution in [2.45, 2.75) is 32.6 Å². The summed E-state index contributed by atoms with van der Waals surface area (Å²) in [5.41, 5.74) is 2.48. The number of carbonyl (C=O) groups is 2. The molecular formula is C12H16N2O3. The molecule has 92 valence electrons. The number of rotatable bonds is 3. The predicted molar refractivity (Wildman–Crippen MR) is 61.0 cm³/mol. The van der Waals surface area contributed by atoms with Crippen molar-refractivity contribution in [3.05, 3.63) is 17.0 Å². The summed E-state index contributed by atoms with van der Waals surface area (Å²) in [6.07, 6.45) is 1.90. The van der Waals surface area contributed by atoms with Crippen LogP contribution in [0.5, 0.6) is 0 Å². The van der Waals surface area contributed by atoms with Gasteiger partial charge >= 0.3 is 5.97 Å². The van der Waals surface area contributed by atoms with Gasteiger partial charge in [0.1, 0.15) is 0 Å². The molecule has 1 aromatic rings. The third-order valence-corrected chi connectivity index (χ3v) is 3.34. The Hall–Kier alpha value is -1.65. The summed E-state index contributed by atoms with van der Waals surface area (Å²) in [5.74, 6) is -0.558. The van der Waals surface area contributed by atoms with E-state index in [2.05, 4.69) is 5.10 Å². The molecule has 0 saturated carbocycles. The maximum Gasteiger partial charge on any atom is 0.303 e. The number of carbonyl (C=O) groups excluding carboxylic acids is 1. The smallest absolute Gasteiger partial charge is 0.303 e. The Bertz CT molecular complexity index is 476. The predicted octanol–water partition coefficient (Wildman–Crippen LogP) is 1.34. The first-order valence-corrected chi connectivity index (χ1v) is 5.76. The average molecular weight is 236 g/mol. The Morgan fingerprint density at radius 3 is 2.88 bits per heavy atom. The van der Waals surface area contributed by atoms with Crippen molar-refractivity contribution in [1.82, 2.24) is 9.78 Å². The fourth-order valence-electron chi connectivity index (χ4n) is 2.54. The van der Waals surface area contributed by atoms with Gasteiger partial charge in [-0.1, -0.05) is 0 Å². The Kier molecular flexibility index (Phi) is 3.00. The second-order valence-corrected chi connectivity index (χ2v) is 4.66. The molecule has 1 aliphatic rings. The van der Waals surface area contributed by atoms with Crippen LogP contribution in [0, 0.1) is 12.8 Å². The molecule has 0 bridgehead atoms. The summed E-state index contributed by atoms with van der Waals surface area (Å²) in [7, 11) is 1.83. The van der Waals surface area contributed by atoms with Crippen LogP contribution in [0.15, 0.2) is 0 Å². The number of aryl methyl sites for hydroxylation is 2. The summed E-state index contributed by atoms with van der Waals surface area (Å²) < 4.78 is 1.75. The number of hydrogen-bond acceptors (Lipinski definition) is 3. The molecular weight excluding hydrogens is 220 g/mol. The zero-order chi connectivity index (χ0) is 12.6. The minimum atomic E-state index is -0.801. The van der Waals surface area contributed by atoms with Gasteiger partial charge in [0.2, 0.25) is 0 Å². The van der Waals surface area contributed by atoms with Crippen LogP contribution in [-0.2, 0) is 18.3 Å². The van der Waals surface area contributed by atoms with E-state index in [1.165, 1.54) is 0 Å². The second kappa shape index (κ2) is 4.31. The molecule has 0 saturated heterocycles. The standard InChI is InChI=1S/C12H16N2O3/c1-7-12-9(14(2)13-7)5-8(6-10(12)15)3-4-11(16)17/h8H,3-6H2,1-2H3,(H,16,17). The molecule has 0 amide bonds. The number of carboxylic acids is 1. The minimum Gasteiger partial charge on any atom is -0.481 e. The van der Waals surface area contributed by atoms with Crippen LogP contribution in [0.3, 0.4) is 0 Å². The van der Waals surface area contributed by atoms with Gasteiger partial charge in [-0.3, -0.25) is 14.3 Å². The highest BCUT2D eigenvalue weighted by Gasteiger charge is 2.30. The largest absolute Gasteiger partial charge is 0.481 e. The van der Waals surface area contributed by atoms with E-state index in [4.69, 9.17) is 5.11 Å². The van der Waals surface area contributed by atoms with Gasteiger partial charge in [0, 0.05) is 25.6 Å². The van der Waals surface area contributed by atoms with E-state index < -0.39 is 5.97 Å². The van der Waals surface area contributed by atoms with Crippen LogP contribution >= 0.6 is 0 Å². The summed E-state index contributed by atoms with van der Waals surface area (Å²) in [5, 5.41) is 12.9. The SMILES string of the molecule is Cc1nn(C)c2c1C(=O)CC(CCC(=O)O)C2. The maximum absolute atomic E-state index is 12.0. The first kappa shape index (κ1) is 11.8. The van der Waals surface area contributed by atoms with Crippen molar-refractivity contribution >= 4 is 11.8 Å². The molecule has 1 unspecified atom stereocenters. The molecule has 0 aromatic carbocycles. The highest BCUT2D eigenvalue weighted by molar-refractivity contribution is 5.99. The van der Waals surface area contributed by atoms with Crippen LogP contribution < -0.4 is 0 Å². The van der Waals surface area contributed by atoms with E-state index in [0.717, 1.165) is 23.4 Å². The van der Waals surface area contributed by atoms with E-state index in [9.17, 15) is 9.59 Å². The normalized spacial score (nSPS) is 19.2. The van der Waals surface area contributed by atoms with E-state index in [1.54, 1.807) is 4.68 Å². The van der Waals surface area contributed by atoms with E-state index in [0.29, 0.717) is 12.8 Å². The lowest BCUT2D eigenvalue weighted by molar-refractivity contribution is -0.137. The molecule has 0 spiro atoms. The number of hydrogen-bond donors (Lipinski definition) is 1. The van der Waals surface area contributed by atoms with Crippen molar-refractivity contribution in [3.63, 3.8) is 0 Å². The molecule has 1 N–H and O–H groups in total. The highest BCUT2D eigenvalue weighted by atomic mass is 16.4. The van der Waals surface area contributed by atoms with Crippen LogP contribution in [0.2, 0.25) is 0 Å². The third-order valence-electron chi connectivity index (χ3n) is 3.34. The first-order valence-electron chi connectivity index (χ1n) is 5.76. The molecule has 1 heterocycles. The molecule has 5 nitrogen and oxygen atoms in total. The number of carboxylic acid groups (broad SMARTS) is 1. The Morgan fingerprint density at radius 1 is 1.53 bits per heavy atom. The van der Waals surface area contributed by atoms with Gasteiger partial charge in [0.15, 0.2) is 5.78 Å². The van der Waals surface area contributed by atoms with E-state index >= 15 is 0 Å². The average Bonchev–Trinajstić information content (AvgIpc) is 2.52. The number of nitrogens with zero attached hydrogens (tertiary/aromatic N) is 2. The van der Waals surface area contributed by atoms with Crippen LogP contribution in [-0.4, -0.2) is 26.6 Å². The highest BCUT2D eigenvalue weighted by Crippen LogP contribution is 2.29. The lowest BCUT2D eigenvalue weighted by Crippen LogP contribution is -2.22. The zero-order valence-electron chi connectivity index (χ0n) is 10.1. The fraction of sp³-hybridized carbons (Fsp3) is 0.583.